The highest BCUT2D eigenvalue weighted by Gasteiger charge is 2.86. The molecule has 4 aliphatic rings. The number of ketones is 1. The van der Waals surface area contributed by atoms with Crippen molar-refractivity contribution in [3.63, 3.8) is 0 Å². The second kappa shape index (κ2) is 6.36. The molecule has 0 spiro atoms. The highest BCUT2D eigenvalue weighted by Crippen LogP contribution is 2.76. The number of carbonyl (C=O) groups excluding carboxylic acids is 3. The fourth-order valence-corrected chi connectivity index (χ4v) is 6.81. The fourth-order valence-electron chi connectivity index (χ4n) is 6.81. The fraction of sp³-hybridized carbons (Fsp3) is 0.708. The number of fused-ring (bicyclic) bond motifs is 5. The molecule has 0 bridgehead atoms. The zero-order valence-corrected chi connectivity index (χ0v) is 18.5. The Kier molecular flexibility index (Phi) is 4.55. The van der Waals surface area contributed by atoms with Gasteiger partial charge in [0.25, 0.3) is 0 Å². The van der Waals surface area contributed by atoms with Gasteiger partial charge in [0.1, 0.15) is 11.9 Å². The minimum atomic E-state index is -1.42. The minimum absolute atomic E-state index is 0.0540. The number of Topliss-reactive ketones (excluding diaryl/α,β-unsaturated/α-hetero) is 1. The van der Waals surface area contributed by atoms with Crippen LogP contribution in [0.1, 0.15) is 48.0 Å². The summed E-state index contributed by atoms with van der Waals surface area (Å²) in [5.74, 6) is -3.34. The van der Waals surface area contributed by atoms with Gasteiger partial charge in [-0.05, 0) is 24.5 Å². The number of aliphatic hydroxyl groups is 2. The summed E-state index contributed by atoms with van der Waals surface area (Å²) in [6.45, 7) is 10.9. The molecule has 0 aromatic rings. The van der Waals surface area contributed by atoms with Gasteiger partial charge in [-0.2, -0.15) is 0 Å². The molecule has 0 amide bonds. The Morgan fingerprint density at radius 3 is 2.47 bits per heavy atom. The lowest BCUT2D eigenvalue weighted by Crippen LogP contribution is -2.62. The third-order valence-corrected chi connectivity index (χ3v) is 8.56. The van der Waals surface area contributed by atoms with Crippen molar-refractivity contribution in [2.75, 3.05) is 0 Å². The third kappa shape index (κ3) is 2.35. The zero-order valence-electron chi connectivity index (χ0n) is 18.5. The second-order valence-corrected chi connectivity index (χ2v) is 10.6. The number of aldehydes is 1. The highest BCUT2D eigenvalue weighted by atomic mass is 16.6. The summed E-state index contributed by atoms with van der Waals surface area (Å²) in [7, 11) is 0. The van der Waals surface area contributed by atoms with Gasteiger partial charge in [-0.15, -0.1) is 0 Å². The Hall–Kier alpha value is -1.79. The first-order valence-corrected chi connectivity index (χ1v) is 10.9. The predicted octanol–water partition coefficient (Wildman–Crippen LogP) is 2.23. The van der Waals surface area contributed by atoms with Gasteiger partial charge in [0.15, 0.2) is 5.78 Å². The van der Waals surface area contributed by atoms with Crippen molar-refractivity contribution in [2.24, 2.45) is 40.9 Å². The molecule has 2 saturated carbocycles. The minimum Gasteiger partial charge on any atom is -0.455 e. The molecule has 0 heterocycles. The molecule has 0 unspecified atom stereocenters. The molecule has 0 radical (unpaired) electrons. The molecular formula is C24H32O6. The van der Waals surface area contributed by atoms with E-state index < -0.39 is 46.4 Å². The molecule has 2 fully saturated rings. The van der Waals surface area contributed by atoms with E-state index in [0.29, 0.717) is 11.1 Å². The van der Waals surface area contributed by atoms with Crippen molar-refractivity contribution < 1.29 is 29.3 Å². The summed E-state index contributed by atoms with van der Waals surface area (Å²) in [6.07, 6.45) is 3.54. The molecule has 6 nitrogen and oxygen atoms in total. The molecule has 0 saturated heterocycles. The van der Waals surface area contributed by atoms with Gasteiger partial charge >= 0.3 is 5.97 Å². The van der Waals surface area contributed by atoms with Gasteiger partial charge < -0.3 is 14.9 Å². The standard InChI is InChI=1S/C24H32O6/c1-11(2)21(28)30-24-19(22(24,5)6)17-9-14(10-25)8-15-16(7-12(3)18(15)26)23(17,29)13(4)20(24)27/h7,9-11,13,15-17,19-20,27,29H,8H2,1-6H3/t13-,15-,16-,17+,19-,20-,23+,24-/m1/s1. The van der Waals surface area contributed by atoms with Crippen molar-refractivity contribution >= 4 is 18.0 Å². The largest absolute Gasteiger partial charge is 0.455 e. The maximum Gasteiger partial charge on any atom is 0.309 e. The summed E-state index contributed by atoms with van der Waals surface area (Å²) in [6, 6.07) is 0. The Balaban J connectivity index is 1.88. The van der Waals surface area contributed by atoms with E-state index in [-0.39, 0.29) is 30.0 Å². The molecule has 0 aromatic carbocycles. The van der Waals surface area contributed by atoms with Crippen LogP contribution in [0.2, 0.25) is 0 Å². The molecule has 0 aliphatic heterocycles. The average molecular weight is 417 g/mol. The maximum absolute atomic E-state index is 12.8. The third-order valence-electron chi connectivity index (χ3n) is 8.56. The lowest BCUT2D eigenvalue weighted by Gasteiger charge is -2.51. The van der Waals surface area contributed by atoms with Crippen LogP contribution in [-0.4, -0.2) is 45.6 Å². The van der Waals surface area contributed by atoms with Gasteiger partial charge in [0.2, 0.25) is 0 Å². The van der Waals surface area contributed by atoms with E-state index >= 15 is 0 Å². The van der Waals surface area contributed by atoms with Crippen LogP contribution in [0, 0.1) is 40.9 Å². The van der Waals surface area contributed by atoms with Crippen molar-refractivity contribution in [3.8, 4) is 0 Å². The number of esters is 1. The maximum atomic E-state index is 12.8. The van der Waals surface area contributed by atoms with Crippen molar-refractivity contribution in [3.05, 3.63) is 23.3 Å². The van der Waals surface area contributed by atoms with Crippen molar-refractivity contribution in [1.82, 2.24) is 0 Å². The van der Waals surface area contributed by atoms with Crippen LogP contribution >= 0.6 is 0 Å². The zero-order chi connectivity index (χ0) is 22.4. The first-order valence-electron chi connectivity index (χ1n) is 10.9. The highest BCUT2D eigenvalue weighted by molar-refractivity contribution is 6.00. The van der Waals surface area contributed by atoms with E-state index in [2.05, 4.69) is 0 Å². The lowest BCUT2D eigenvalue weighted by molar-refractivity contribution is -0.210. The summed E-state index contributed by atoms with van der Waals surface area (Å²) < 4.78 is 5.97. The van der Waals surface area contributed by atoms with Crippen LogP contribution in [0.3, 0.4) is 0 Å². The SMILES string of the molecule is CC1=C[C@@H]2[C@@H](CC(C=O)=C[C@H]3[C@@H]4C(C)(C)[C@]4(OC(=O)C(C)C)[C@H](O)[C@@H](C)[C@]23O)C1=O. The average Bonchev–Trinajstić information content (AvgIpc) is 3.08. The Morgan fingerprint density at radius 1 is 1.27 bits per heavy atom. The van der Waals surface area contributed by atoms with Gasteiger partial charge in [0.05, 0.1) is 17.6 Å². The van der Waals surface area contributed by atoms with Crippen LogP contribution in [-0.2, 0) is 19.1 Å². The van der Waals surface area contributed by atoms with Crippen LogP contribution in [0.5, 0.6) is 0 Å². The molecule has 2 N–H and O–H groups in total. The van der Waals surface area contributed by atoms with E-state index in [1.54, 1.807) is 33.8 Å². The second-order valence-electron chi connectivity index (χ2n) is 10.6. The molecule has 4 rings (SSSR count). The molecule has 30 heavy (non-hydrogen) atoms. The van der Waals surface area contributed by atoms with E-state index in [4.69, 9.17) is 4.74 Å². The Morgan fingerprint density at radius 2 is 1.90 bits per heavy atom. The normalized spacial score (nSPS) is 46.1. The molecule has 8 atom stereocenters. The topological polar surface area (TPSA) is 101 Å². The summed E-state index contributed by atoms with van der Waals surface area (Å²) in [4.78, 5) is 37.2. The quantitative estimate of drug-likeness (QED) is 0.541. The number of aliphatic hydroxyl groups excluding tert-OH is 1. The van der Waals surface area contributed by atoms with E-state index in [0.717, 1.165) is 6.29 Å². The number of hydrogen-bond donors (Lipinski definition) is 2. The Labute approximate surface area is 177 Å². The smallest absolute Gasteiger partial charge is 0.309 e. The number of ether oxygens (including phenoxy) is 1. The summed E-state index contributed by atoms with van der Waals surface area (Å²) >= 11 is 0. The molecule has 6 heteroatoms. The molecular weight excluding hydrogens is 384 g/mol. The number of hydrogen-bond acceptors (Lipinski definition) is 6. The molecule has 164 valence electrons. The molecule has 0 aromatic heterocycles. The van der Waals surface area contributed by atoms with Crippen molar-refractivity contribution in [1.29, 1.82) is 0 Å². The number of allylic oxidation sites excluding steroid dienone is 2. The van der Waals surface area contributed by atoms with Gasteiger partial charge in [-0.25, -0.2) is 0 Å². The Bertz CT molecular complexity index is 882. The predicted molar refractivity (Wildman–Crippen MR) is 109 cm³/mol. The van der Waals surface area contributed by atoms with Crippen LogP contribution in [0.25, 0.3) is 0 Å². The van der Waals surface area contributed by atoms with Crippen LogP contribution in [0.15, 0.2) is 23.3 Å². The van der Waals surface area contributed by atoms with Gasteiger partial charge in [-0.1, -0.05) is 46.8 Å². The summed E-state index contributed by atoms with van der Waals surface area (Å²) in [5, 5.41) is 23.6. The van der Waals surface area contributed by atoms with E-state index in [1.807, 2.05) is 19.9 Å². The van der Waals surface area contributed by atoms with E-state index in [1.165, 1.54) is 0 Å². The summed E-state index contributed by atoms with van der Waals surface area (Å²) in [5.41, 5.74) is -2.07. The molecule has 4 aliphatic carbocycles. The van der Waals surface area contributed by atoms with Gasteiger partial charge in [-0.3, -0.25) is 14.4 Å². The first-order chi connectivity index (χ1) is 13.9. The van der Waals surface area contributed by atoms with Crippen molar-refractivity contribution in [2.45, 2.75) is 65.3 Å². The first kappa shape index (κ1) is 21.4. The number of rotatable bonds is 3. The number of carbonyl (C=O) groups is 3. The van der Waals surface area contributed by atoms with E-state index in [9.17, 15) is 24.6 Å². The van der Waals surface area contributed by atoms with Gasteiger partial charge in [0, 0.05) is 35.0 Å². The lowest BCUT2D eigenvalue weighted by atomic mass is 9.60. The monoisotopic (exact) mass is 416 g/mol. The van der Waals surface area contributed by atoms with Crippen LogP contribution < -0.4 is 0 Å². The van der Waals surface area contributed by atoms with Crippen LogP contribution in [0.4, 0.5) is 0 Å².